The topological polar surface area (TPSA) is 53.1 Å². The lowest BCUT2D eigenvalue weighted by molar-refractivity contribution is -0.141. The van der Waals surface area contributed by atoms with Gasteiger partial charge < -0.3 is 14.5 Å². The van der Waals surface area contributed by atoms with Gasteiger partial charge in [0.15, 0.2) is 0 Å². The molecule has 0 saturated carbocycles. The Bertz CT molecular complexity index is 645. The molecular formula is C21H31N3O3. The van der Waals surface area contributed by atoms with E-state index in [1.54, 1.807) is 0 Å². The van der Waals surface area contributed by atoms with Gasteiger partial charge in [-0.2, -0.15) is 0 Å². The lowest BCUT2D eigenvalue weighted by Gasteiger charge is -2.39. The van der Waals surface area contributed by atoms with Crippen LogP contribution >= 0.6 is 0 Å². The zero-order valence-corrected chi connectivity index (χ0v) is 16.7. The van der Waals surface area contributed by atoms with Crippen molar-refractivity contribution in [1.82, 2.24) is 14.7 Å². The molecule has 0 N–H and O–H groups in total. The second kappa shape index (κ2) is 8.85. The first kappa shape index (κ1) is 19.8. The molecule has 2 heterocycles. The number of nitrogens with zero attached hydrogens (tertiary/aromatic N) is 3. The largest absolute Gasteiger partial charge is 0.378 e. The molecule has 1 atom stereocenters. The monoisotopic (exact) mass is 373 g/mol. The fourth-order valence-electron chi connectivity index (χ4n) is 3.71. The first-order valence-corrected chi connectivity index (χ1v) is 9.97. The van der Waals surface area contributed by atoms with E-state index in [2.05, 4.69) is 18.7 Å². The summed E-state index contributed by atoms with van der Waals surface area (Å²) in [4.78, 5) is 31.4. The summed E-state index contributed by atoms with van der Waals surface area (Å²) < 4.78 is 5.33. The highest BCUT2D eigenvalue weighted by molar-refractivity contribution is 5.94. The van der Waals surface area contributed by atoms with Crippen LogP contribution in [0.5, 0.6) is 0 Å². The van der Waals surface area contributed by atoms with Gasteiger partial charge in [0.2, 0.25) is 5.91 Å². The molecule has 1 aromatic rings. The summed E-state index contributed by atoms with van der Waals surface area (Å²) in [5, 5.41) is 0. The van der Waals surface area contributed by atoms with Gasteiger partial charge in [0, 0.05) is 44.8 Å². The van der Waals surface area contributed by atoms with Crippen LogP contribution in [0.2, 0.25) is 0 Å². The van der Waals surface area contributed by atoms with Crippen molar-refractivity contribution in [3.8, 4) is 0 Å². The van der Waals surface area contributed by atoms with Crippen LogP contribution in [0.3, 0.4) is 0 Å². The van der Waals surface area contributed by atoms with Crippen molar-refractivity contribution < 1.29 is 14.3 Å². The quantitative estimate of drug-likeness (QED) is 0.808. The first-order valence-electron chi connectivity index (χ1n) is 9.97. The summed E-state index contributed by atoms with van der Waals surface area (Å²) in [5.41, 5.74) is 1.98. The van der Waals surface area contributed by atoms with E-state index < -0.39 is 0 Å². The van der Waals surface area contributed by atoms with Gasteiger partial charge in [-0.25, -0.2) is 0 Å². The molecule has 2 aliphatic rings. The van der Waals surface area contributed by atoms with Gasteiger partial charge in [0.1, 0.15) is 0 Å². The smallest absolute Gasteiger partial charge is 0.253 e. The number of morpholine rings is 1. The Kier molecular flexibility index (Phi) is 6.50. The van der Waals surface area contributed by atoms with Crippen molar-refractivity contribution in [1.29, 1.82) is 0 Å². The van der Waals surface area contributed by atoms with Crippen molar-refractivity contribution in [3.05, 3.63) is 35.4 Å². The number of carbonyl (C=O) groups is 2. The Balaban J connectivity index is 1.53. The predicted octanol–water partition coefficient (Wildman–Crippen LogP) is 1.82. The van der Waals surface area contributed by atoms with Crippen molar-refractivity contribution in [2.75, 3.05) is 52.5 Å². The third-order valence-corrected chi connectivity index (χ3v) is 5.65. The SMILES string of the molecule is CC(C)c1ccc(C(=O)N2CCN(C(C)C(=O)N3CCOCC3)CC2)cc1. The Morgan fingerprint density at radius 2 is 1.44 bits per heavy atom. The second-order valence-corrected chi connectivity index (χ2v) is 7.72. The van der Waals surface area contributed by atoms with Crippen LogP contribution in [0.15, 0.2) is 24.3 Å². The van der Waals surface area contributed by atoms with Crippen LogP contribution < -0.4 is 0 Å². The van der Waals surface area contributed by atoms with Crippen LogP contribution in [-0.2, 0) is 9.53 Å². The van der Waals surface area contributed by atoms with E-state index in [-0.39, 0.29) is 17.9 Å². The lowest BCUT2D eigenvalue weighted by atomic mass is 10.0. The molecule has 2 amide bonds. The second-order valence-electron chi connectivity index (χ2n) is 7.72. The molecule has 1 aromatic carbocycles. The van der Waals surface area contributed by atoms with E-state index in [1.165, 1.54) is 5.56 Å². The molecule has 0 aromatic heterocycles. The molecule has 27 heavy (non-hydrogen) atoms. The highest BCUT2D eigenvalue weighted by Gasteiger charge is 2.30. The summed E-state index contributed by atoms with van der Waals surface area (Å²) in [6.45, 7) is 11.6. The fourth-order valence-corrected chi connectivity index (χ4v) is 3.71. The third kappa shape index (κ3) is 4.68. The minimum atomic E-state index is -0.148. The number of carbonyl (C=O) groups excluding carboxylic acids is 2. The maximum absolute atomic E-state index is 12.8. The number of hydrogen-bond acceptors (Lipinski definition) is 4. The number of hydrogen-bond donors (Lipinski definition) is 0. The average molecular weight is 373 g/mol. The van der Waals surface area contributed by atoms with E-state index in [1.807, 2.05) is 41.0 Å². The molecule has 2 fully saturated rings. The molecule has 2 saturated heterocycles. The van der Waals surface area contributed by atoms with E-state index in [0.29, 0.717) is 45.3 Å². The fraction of sp³-hybridized carbons (Fsp3) is 0.619. The van der Waals surface area contributed by atoms with E-state index >= 15 is 0 Å². The number of piperazine rings is 1. The van der Waals surface area contributed by atoms with Crippen LogP contribution in [0.25, 0.3) is 0 Å². The van der Waals surface area contributed by atoms with Crippen molar-refractivity contribution in [2.24, 2.45) is 0 Å². The van der Waals surface area contributed by atoms with Gasteiger partial charge in [-0.05, 0) is 30.5 Å². The van der Waals surface area contributed by atoms with Crippen LogP contribution in [0.4, 0.5) is 0 Å². The minimum absolute atomic E-state index is 0.0807. The summed E-state index contributed by atoms with van der Waals surface area (Å²) in [7, 11) is 0. The van der Waals surface area contributed by atoms with Crippen LogP contribution in [0.1, 0.15) is 42.6 Å². The van der Waals surface area contributed by atoms with Crippen molar-refractivity contribution >= 4 is 11.8 Å². The van der Waals surface area contributed by atoms with Crippen molar-refractivity contribution in [2.45, 2.75) is 32.7 Å². The highest BCUT2D eigenvalue weighted by atomic mass is 16.5. The van der Waals surface area contributed by atoms with Gasteiger partial charge in [0.25, 0.3) is 5.91 Å². The normalized spacial score (nSPS) is 20.0. The standard InChI is InChI=1S/C21H31N3O3/c1-16(2)18-4-6-19(7-5-18)21(26)23-10-8-22(9-11-23)17(3)20(25)24-12-14-27-15-13-24/h4-7,16-17H,8-15H2,1-3H3. The van der Waals surface area contributed by atoms with Gasteiger partial charge in [-0.3, -0.25) is 14.5 Å². The van der Waals surface area contributed by atoms with Crippen molar-refractivity contribution in [3.63, 3.8) is 0 Å². The van der Waals surface area contributed by atoms with Crippen LogP contribution in [0, 0.1) is 0 Å². The Labute approximate surface area is 162 Å². The van der Waals surface area contributed by atoms with Gasteiger partial charge >= 0.3 is 0 Å². The van der Waals surface area contributed by atoms with Gasteiger partial charge in [-0.15, -0.1) is 0 Å². The number of amides is 2. The molecule has 6 heteroatoms. The molecule has 0 bridgehead atoms. The molecule has 2 aliphatic heterocycles. The first-order chi connectivity index (χ1) is 13.0. The number of rotatable bonds is 4. The van der Waals surface area contributed by atoms with E-state index in [0.717, 1.165) is 18.7 Å². The molecule has 0 spiro atoms. The third-order valence-electron chi connectivity index (χ3n) is 5.65. The lowest BCUT2D eigenvalue weighted by Crippen LogP contribution is -2.56. The minimum Gasteiger partial charge on any atom is -0.378 e. The zero-order valence-electron chi connectivity index (χ0n) is 16.7. The molecule has 0 radical (unpaired) electrons. The van der Waals surface area contributed by atoms with Gasteiger partial charge in [0.05, 0.1) is 19.3 Å². The molecule has 3 rings (SSSR count). The summed E-state index contributed by atoms with van der Waals surface area (Å²) in [6.07, 6.45) is 0. The van der Waals surface area contributed by atoms with E-state index in [9.17, 15) is 9.59 Å². The summed E-state index contributed by atoms with van der Waals surface area (Å²) in [6, 6.07) is 7.78. The van der Waals surface area contributed by atoms with E-state index in [4.69, 9.17) is 4.74 Å². The highest BCUT2D eigenvalue weighted by Crippen LogP contribution is 2.17. The molecule has 6 nitrogen and oxygen atoms in total. The summed E-state index contributed by atoms with van der Waals surface area (Å²) in [5.74, 6) is 0.711. The van der Waals surface area contributed by atoms with Gasteiger partial charge in [-0.1, -0.05) is 26.0 Å². The Morgan fingerprint density at radius 1 is 0.852 bits per heavy atom. The Hall–Kier alpha value is -1.92. The predicted molar refractivity (Wildman–Crippen MR) is 105 cm³/mol. The average Bonchev–Trinajstić information content (AvgIpc) is 2.73. The molecular weight excluding hydrogens is 342 g/mol. The molecule has 0 aliphatic carbocycles. The molecule has 1 unspecified atom stereocenters. The number of ether oxygens (including phenoxy) is 1. The number of benzene rings is 1. The molecule has 148 valence electrons. The Morgan fingerprint density at radius 3 is 2.00 bits per heavy atom. The maximum atomic E-state index is 12.8. The zero-order chi connectivity index (χ0) is 19.4. The summed E-state index contributed by atoms with van der Waals surface area (Å²) >= 11 is 0. The van der Waals surface area contributed by atoms with Crippen LogP contribution in [-0.4, -0.2) is 85.0 Å². The maximum Gasteiger partial charge on any atom is 0.253 e.